The summed E-state index contributed by atoms with van der Waals surface area (Å²) in [6.45, 7) is 6.69. The van der Waals surface area contributed by atoms with Crippen molar-refractivity contribution in [1.29, 1.82) is 0 Å². The Kier molecular flexibility index (Phi) is 10.9. The van der Waals surface area contributed by atoms with E-state index in [0.29, 0.717) is 38.3 Å². The number of benzene rings is 3. The number of hydrogen-bond donors (Lipinski definition) is 1. The number of carbonyl (C=O) groups is 2. The third kappa shape index (κ3) is 7.69. The molecule has 11 heteroatoms. The molecule has 2 amide bonds. The molecule has 0 unspecified atom stereocenters. The molecule has 0 bridgehead atoms. The number of para-hydroxylation sites is 1. The number of halogens is 3. The molecule has 40 heavy (non-hydrogen) atoms. The fourth-order valence-electron chi connectivity index (χ4n) is 4.23. The highest BCUT2D eigenvalue weighted by Gasteiger charge is 2.34. The van der Waals surface area contributed by atoms with Crippen LogP contribution in [0.25, 0.3) is 0 Å². The fraction of sp³-hybridized carbons (Fsp3) is 0.310. The number of aryl methyl sites for hydroxylation is 1. The molecule has 0 saturated heterocycles. The van der Waals surface area contributed by atoms with Gasteiger partial charge in [0.25, 0.3) is 10.0 Å². The van der Waals surface area contributed by atoms with Crippen LogP contribution in [-0.2, 0) is 26.2 Å². The van der Waals surface area contributed by atoms with Crippen LogP contribution in [0.3, 0.4) is 0 Å². The molecule has 0 saturated carbocycles. The summed E-state index contributed by atoms with van der Waals surface area (Å²) in [4.78, 5) is 28.7. The highest BCUT2D eigenvalue weighted by Crippen LogP contribution is 2.29. The summed E-state index contributed by atoms with van der Waals surface area (Å²) in [5, 5.41) is 3.91. The van der Waals surface area contributed by atoms with Gasteiger partial charge in [0.1, 0.15) is 12.6 Å². The second-order valence-corrected chi connectivity index (χ2v) is 12.7. The summed E-state index contributed by atoms with van der Waals surface area (Å²) in [6.07, 6.45) is 0.305. The number of carbonyl (C=O) groups excluding carboxylic acids is 2. The zero-order valence-corrected chi connectivity index (χ0v) is 25.8. The molecule has 3 aromatic carbocycles. The molecule has 1 N–H and O–H groups in total. The van der Waals surface area contributed by atoms with Crippen molar-refractivity contribution in [3.8, 4) is 0 Å². The van der Waals surface area contributed by atoms with Crippen LogP contribution in [0.5, 0.6) is 0 Å². The van der Waals surface area contributed by atoms with E-state index in [1.54, 1.807) is 56.3 Å². The predicted molar refractivity (Wildman–Crippen MR) is 162 cm³/mol. The Morgan fingerprint density at radius 1 is 0.925 bits per heavy atom. The number of nitrogens with one attached hydrogen (secondary N) is 1. The van der Waals surface area contributed by atoms with Crippen LogP contribution in [0.2, 0.25) is 15.1 Å². The number of hydrogen-bond acceptors (Lipinski definition) is 4. The lowest BCUT2D eigenvalue weighted by atomic mass is 10.1. The van der Waals surface area contributed by atoms with E-state index in [-0.39, 0.29) is 23.4 Å². The zero-order valence-electron chi connectivity index (χ0n) is 22.7. The molecule has 7 nitrogen and oxygen atoms in total. The van der Waals surface area contributed by atoms with Gasteiger partial charge in [-0.1, -0.05) is 66.0 Å². The lowest BCUT2D eigenvalue weighted by molar-refractivity contribution is -0.140. The lowest BCUT2D eigenvalue weighted by Gasteiger charge is -2.34. The Morgan fingerprint density at radius 2 is 1.57 bits per heavy atom. The molecule has 214 valence electrons. The first kappa shape index (κ1) is 31.7. The molecule has 3 rings (SSSR count). The van der Waals surface area contributed by atoms with E-state index in [9.17, 15) is 18.0 Å². The lowest BCUT2D eigenvalue weighted by Crippen LogP contribution is -2.53. The second-order valence-electron chi connectivity index (χ2n) is 9.61. The van der Waals surface area contributed by atoms with Gasteiger partial charge in [-0.3, -0.25) is 13.9 Å². The van der Waals surface area contributed by atoms with Gasteiger partial charge >= 0.3 is 0 Å². The quantitative estimate of drug-likeness (QED) is 0.265. The van der Waals surface area contributed by atoms with Crippen molar-refractivity contribution in [3.63, 3.8) is 0 Å². The van der Waals surface area contributed by atoms with Crippen molar-refractivity contribution < 1.29 is 18.0 Å². The van der Waals surface area contributed by atoms with Crippen LogP contribution in [0.1, 0.15) is 38.3 Å². The van der Waals surface area contributed by atoms with E-state index in [2.05, 4.69) is 5.32 Å². The first-order valence-corrected chi connectivity index (χ1v) is 15.3. The van der Waals surface area contributed by atoms with Crippen molar-refractivity contribution in [2.24, 2.45) is 0 Å². The number of amides is 2. The van der Waals surface area contributed by atoms with Crippen molar-refractivity contribution >= 4 is 62.3 Å². The molecule has 1 atom stereocenters. The van der Waals surface area contributed by atoms with Gasteiger partial charge in [0.05, 0.1) is 20.6 Å². The minimum atomic E-state index is -4.19. The Bertz CT molecular complexity index is 1460. The minimum absolute atomic E-state index is 0.0162. The normalized spacial score (nSPS) is 12.2. The van der Waals surface area contributed by atoms with Crippen LogP contribution in [0.15, 0.2) is 71.6 Å². The fourth-order valence-corrected chi connectivity index (χ4v) is 6.15. The summed E-state index contributed by atoms with van der Waals surface area (Å²) in [5.74, 6) is -0.897. The summed E-state index contributed by atoms with van der Waals surface area (Å²) in [5.41, 5.74) is 1.65. The van der Waals surface area contributed by atoms with Crippen LogP contribution >= 0.6 is 34.8 Å². The highest BCUT2D eigenvalue weighted by atomic mass is 35.5. The standard InChI is InChI=1S/C29H32Cl3N3O4S/c1-5-26(29(37)33-19(2)3)34(17-21-10-15-24(31)25(32)16-21)28(36)18-35(27-9-7-6-8-20(27)4)40(38,39)23-13-11-22(30)12-14-23/h6-16,19,26H,5,17-18H2,1-4H3,(H,33,37)/t26-/m1/s1. The van der Waals surface area contributed by atoms with Gasteiger partial charge in [-0.05, 0) is 80.8 Å². The molecule has 3 aromatic rings. The SMILES string of the molecule is CC[C@H](C(=O)NC(C)C)N(Cc1ccc(Cl)c(Cl)c1)C(=O)CN(c1ccccc1C)S(=O)(=O)c1ccc(Cl)cc1. The van der Waals surface area contributed by atoms with Crippen LogP contribution < -0.4 is 9.62 Å². The van der Waals surface area contributed by atoms with Crippen molar-refractivity contribution in [2.75, 3.05) is 10.8 Å². The van der Waals surface area contributed by atoms with Gasteiger partial charge in [-0.25, -0.2) is 8.42 Å². The third-order valence-corrected chi connectivity index (χ3v) is 8.98. The molecule has 0 aliphatic rings. The first-order valence-electron chi connectivity index (χ1n) is 12.7. The largest absolute Gasteiger partial charge is 0.352 e. The Labute approximate surface area is 251 Å². The second kappa shape index (κ2) is 13.7. The van der Waals surface area contributed by atoms with Gasteiger partial charge in [0.15, 0.2) is 0 Å². The topological polar surface area (TPSA) is 86.8 Å². The monoisotopic (exact) mass is 623 g/mol. The van der Waals surface area contributed by atoms with Crippen molar-refractivity contribution in [2.45, 2.75) is 57.6 Å². The third-order valence-electron chi connectivity index (χ3n) is 6.22. The number of nitrogens with zero attached hydrogens (tertiary/aromatic N) is 2. The van der Waals surface area contributed by atoms with Gasteiger partial charge < -0.3 is 10.2 Å². The maximum Gasteiger partial charge on any atom is 0.264 e. The van der Waals surface area contributed by atoms with Crippen LogP contribution in [-0.4, -0.2) is 43.8 Å². The molecule has 0 heterocycles. The molecule has 0 aromatic heterocycles. The highest BCUT2D eigenvalue weighted by molar-refractivity contribution is 7.92. The van der Waals surface area contributed by atoms with Gasteiger partial charge in [-0.2, -0.15) is 0 Å². The molecule has 0 aliphatic heterocycles. The van der Waals surface area contributed by atoms with Crippen LogP contribution in [0.4, 0.5) is 5.69 Å². The number of sulfonamides is 1. The molecule has 0 fully saturated rings. The molecular formula is C29H32Cl3N3O4S. The van der Waals surface area contributed by atoms with Gasteiger partial charge in [0, 0.05) is 17.6 Å². The Morgan fingerprint density at radius 3 is 2.15 bits per heavy atom. The molecular weight excluding hydrogens is 593 g/mol. The van der Waals surface area contributed by atoms with E-state index in [1.807, 2.05) is 13.8 Å². The average molecular weight is 625 g/mol. The minimum Gasteiger partial charge on any atom is -0.352 e. The summed E-state index contributed by atoms with van der Waals surface area (Å²) in [6, 6.07) is 16.6. The van der Waals surface area contributed by atoms with E-state index in [0.717, 1.165) is 4.31 Å². The van der Waals surface area contributed by atoms with Gasteiger partial charge in [0.2, 0.25) is 11.8 Å². The summed E-state index contributed by atoms with van der Waals surface area (Å²) in [7, 11) is -4.19. The number of rotatable bonds is 11. The van der Waals surface area contributed by atoms with Gasteiger partial charge in [-0.15, -0.1) is 0 Å². The summed E-state index contributed by atoms with van der Waals surface area (Å²) < 4.78 is 28.9. The predicted octanol–water partition coefficient (Wildman–Crippen LogP) is 6.48. The van der Waals surface area contributed by atoms with E-state index in [1.165, 1.54) is 29.2 Å². The van der Waals surface area contributed by atoms with Crippen molar-refractivity contribution in [3.05, 3.63) is 92.9 Å². The summed E-state index contributed by atoms with van der Waals surface area (Å²) >= 11 is 18.3. The van der Waals surface area contributed by atoms with E-state index >= 15 is 0 Å². The zero-order chi connectivity index (χ0) is 29.6. The molecule has 0 spiro atoms. The van der Waals surface area contributed by atoms with Crippen LogP contribution in [0, 0.1) is 6.92 Å². The van der Waals surface area contributed by atoms with E-state index < -0.39 is 28.5 Å². The molecule has 0 aliphatic carbocycles. The van der Waals surface area contributed by atoms with E-state index in [4.69, 9.17) is 34.8 Å². The smallest absolute Gasteiger partial charge is 0.264 e. The number of anilines is 1. The van der Waals surface area contributed by atoms with Crippen molar-refractivity contribution in [1.82, 2.24) is 10.2 Å². The molecule has 0 radical (unpaired) electrons. The maximum atomic E-state index is 14.1. The maximum absolute atomic E-state index is 14.1. The average Bonchev–Trinajstić information content (AvgIpc) is 2.89. The Balaban J connectivity index is 2.09. The first-order chi connectivity index (χ1) is 18.8. The Hall–Kier alpha value is -2.78.